The third-order valence-electron chi connectivity index (χ3n) is 4.65. The molecule has 9 heteroatoms. The molecule has 0 aliphatic carbocycles. The number of benzene rings is 2. The smallest absolute Gasteiger partial charge is 0.306 e. The quantitative estimate of drug-likeness (QED) is 0.617. The molecule has 1 heterocycles. The van der Waals surface area contributed by atoms with E-state index in [0.717, 1.165) is 12.1 Å². The Kier molecular flexibility index (Phi) is 5.89. The average Bonchev–Trinajstić information content (AvgIpc) is 2.69. The lowest BCUT2D eigenvalue weighted by atomic mass is 9.95. The average molecular weight is 406 g/mol. The van der Waals surface area contributed by atoms with Crippen LogP contribution in [0.2, 0.25) is 5.02 Å². The first-order valence-corrected chi connectivity index (χ1v) is 9.02. The van der Waals surface area contributed by atoms with Gasteiger partial charge in [0.15, 0.2) is 0 Å². The maximum Gasteiger partial charge on any atom is 0.306 e. The summed E-state index contributed by atoms with van der Waals surface area (Å²) < 4.78 is 13.4. The molecule has 28 heavy (non-hydrogen) atoms. The molecule has 0 spiro atoms. The lowest BCUT2D eigenvalue weighted by Crippen LogP contribution is -2.41. The van der Waals surface area contributed by atoms with Crippen LogP contribution in [-0.4, -0.2) is 34.7 Å². The molecule has 0 radical (unpaired) electrons. The molecule has 2 amide bonds. The van der Waals surface area contributed by atoms with Crippen LogP contribution in [0.15, 0.2) is 42.5 Å². The highest BCUT2D eigenvalue weighted by molar-refractivity contribution is 6.30. The molecule has 2 aromatic rings. The second kappa shape index (κ2) is 8.35. The largest absolute Gasteiger partial charge is 0.339 e. The van der Waals surface area contributed by atoms with E-state index < -0.39 is 16.4 Å². The zero-order chi connectivity index (χ0) is 20.3. The van der Waals surface area contributed by atoms with Crippen LogP contribution in [0.1, 0.15) is 23.2 Å². The van der Waals surface area contributed by atoms with Crippen LogP contribution in [0, 0.1) is 21.8 Å². The van der Waals surface area contributed by atoms with Crippen molar-refractivity contribution >= 4 is 34.8 Å². The number of carbonyl (C=O) groups excluding carboxylic acids is 2. The van der Waals surface area contributed by atoms with Crippen LogP contribution < -0.4 is 5.32 Å². The number of carbonyl (C=O) groups is 2. The number of likely N-dealkylation sites (tertiary alicyclic amines) is 1. The Hall–Kier alpha value is -3.00. The number of rotatable bonds is 4. The third-order valence-corrected chi connectivity index (χ3v) is 4.91. The molecule has 1 N–H and O–H groups in total. The van der Waals surface area contributed by atoms with Gasteiger partial charge in [-0.25, -0.2) is 0 Å². The topological polar surface area (TPSA) is 92.5 Å². The number of anilines is 1. The fourth-order valence-corrected chi connectivity index (χ4v) is 3.22. The van der Waals surface area contributed by atoms with Gasteiger partial charge in [0.2, 0.25) is 11.7 Å². The van der Waals surface area contributed by atoms with Gasteiger partial charge in [0.05, 0.1) is 4.92 Å². The van der Waals surface area contributed by atoms with Crippen LogP contribution in [0.25, 0.3) is 0 Å². The number of amides is 2. The van der Waals surface area contributed by atoms with Crippen molar-refractivity contribution in [1.29, 1.82) is 0 Å². The van der Waals surface area contributed by atoms with Crippen molar-refractivity contribution in [2.24, 2.45) is 5.92 Å². The molecule has 3 rings (SSSR count). The molecular weight excluding hydrogens is 389 g/mol. The molecule has 0 unspecified atom stereocenters. The first-order valence-electron chi connectivity index (χ1n) is 8.65. The summed E-state index contributed by atoms with van der Waals surface area (Å²) in [6.07, 6.45) is 0.933. The second-order valence-electron chi connectivity index (χ2n) is 6.49. The Morgan fingerprint density at radius 2 is 1.79 bits per heavy atom. The third kappa shape index (κ3) is 4.45. The Morgan fingerprint density at radius 1 is 1.14 bits per heavy atom. The van der Waals surface area contributed by atoms with Crippen molar-refractivity contribution in [2.75, 3.05) is 18.4 Å². The lowest BCUT2D eigenvalue weighted by molar-refractivity contribution is -0.387. The van der Waals surface area contributed by atoms with Gasteiger partial charge >= 0.3 is 5.69 Å². The number of nitro benzene ring substituents is 1. The minimum Gasteiger partial charge on any atom is -0.339 e. The van der Waals surface area contributed by atoms with Gasteiger partial charge in [-0.15, -0.1) is 0 Å². The summed E-state index contributed by atoms with van der Waals surface area (Å²) in [6, 6.07) is 9.83. The first kappa shape index (κ1) is 19.8. The van der Waals surface area contributed by atoms with Crippen molar-refractivity contribution < 1.29 is 18.9 Å². The first-order chi connectivity index (χ1) is 13.3. The standard InChI is InChI=1S/C19H17ClFN3O4/c20-14-3-1-13(2-4-14)19(26)23-9-7-12(8-10-23)18(25)22-15-5-6-16(21)17(11-15)24(27)28/h1-6,11-12H,7-10H2,(H,22,25). The molecule has 0 aromatic heterocycles. The molecule has 7 nitrogen and oxygen atoms in total. The van der Waals surface area contributed by atoms with Gasteiger partial charge in [-0.1, -0.05) is 11.6 Å². The number of halogens is 2. The monoisotopic (exact) mass is 405 g/mol. The lowest BCUT2D eigenvalue weighted by Gasteiger charge is -2.31. The maximum absolute atomic E-state index is 13.4. The van der Waals surface area contributed by atoms with E-state index in [4.69, 9.17) is 11.6 Å². The summed E-state index contributed by atoms with van der Waals surface area (Å²) in [5.74, 6) is -1.72. The van der Waals surface area contributed by atoms with E-state index in [-0.39, 0.29) is 23.4 Å². The normalized spacial score (nSPS) is 14.6. The van der Waals surface area contributed by atoms with Crippen molar-refractivity contribution in [1.82, 2.24) is 4.90 Å². The van der Waals surface area contributed by atoms with E-state index in [9.17, 15) is 24.1 Å². The van der Waals surface area contributed by atoms with Crippen molar-refractivity contribution in [3.8, 4) is 0 Å². The van der Waals surface area contributed by atoms with E-state index in [1.165, 1.54) is 6.07 Å². The van der Waals surface area contributed by atoms with Crippen LogP contribution in [0.3, 0.4) is 0 Å². The van der Waals surface area contributed by atoms with Gasteiger partial charge in [-0.2, -0.15) is 4.39 Å². The second-order valence-corrected chi connectivity index (χ2v) is 6.92. The fraction of sp³-hybridized carbons (Fsp3) is 0.263. The summed E-state index contributed by atoms with van der Waals surface area (Å²) in [6.45, 7) is 0.840. The molecule has 0 saturated carbocycles. The Morgan fingerprint density at radius 3 is 2.39 bits per heavy atom. The molecule has 0 atom stereocenters. The minimum absolute atomic E-state index is 0.121. The summed E-state index contributed by atoms with van der Waals surface area (Å²) >= 11 is 5.83. The Bertz CT molecular complexity index is 912. The van der Waals surface area contributed by atoms with Gasteiger partial charge in [0, 0.05) is 41.3 Å². The fourth-order valence-electron chi connectivity index (χ4n) is 3.09. The van der Waals surface area contributed by atoms with Crippen LogP contribution in [0.5, 0.6) is 0 Å². The highest BCUT2D eigenvalue weighted by Crippen LogP contribution is 2.24. The van der Waals surface area contributed by atoms with Gasteiger partial charge < -0.3 is 10.2 Å². The highest BCUT2D eigenvalue weighted by Gasteiger charge is 2.28. The molecular formula is C19H17ClFN3O4. The molecule has 1 saturated heterocycles. The molecule has 1 fully saturated rings. The number of piperidine rings is 1. The van der Waals surface area contributed by atoms with Crippen molar-refractivity contribution in [2.45, 2.75) is 12.8 Å². The van der Waals surface area contributed by atoms with E-state index in [1.807, 2.05) is 0 Å². The van der Waals surface area contributed by atoms with E-state index in [2.05, 4.69) is 5.32 Å². The predicted octanol–water partition coefficient (Wildman–Crippen LogP) is 3.88. The van der Waals surface area contributed by atoms with Crippen LogP contribution in [-0.2, 0) is 4.79 Å². The number of nitro groups is 1. The van der Waals surface area contributed by atoms with Crippen LogP contribution >= 0.6 is 11.6 Å². The van der Waals surface area contributed by atoms with Gasteiger partial charge in [-0.05, 0) is 49.2 Å². The summed E-state index contributed by atoms with van der Waals surface area (Å²) in [5, 5.41) is 13.9. The number of hydrogen-bond donors (Lipinski definition) is 1. The van der Waals surface area contributed by atoms with Gasteiger partial charge in [-0.3, -0.25) is 19.7 Å². The molecule has 1 aliphatic heterocycles. The minimum atomic E-state index is -0.961. The van der Waals surface area contributed by atoms with E-state index >= 15 is 0 Å². The summed E-state index contributed by atoms with van der Waals surface area (Å²) in [7, 11) is 0. The Balaban J connectivity index is 1.58. The molecule has 0 bridgehead atoms. The maximum atomic E-state index is 13.4. The van der Waals surface area contributed by atoms with Crippen LogP contribution in [0.4, 0.5) is 15.8 Å². The Labute approximate surface area is 165 Å². The van der Waals surface area contributed by atoms with E-state index in [0.29, 0.717) is 36.5 Å². The summed E-state index contributed by atoms with van der Waals surface area (Å²) in [5.41, 5.74) is 0.00451. The predicted molar refractivity (Wildman–Crippen MR) is 102 cm³/mol. The SMILES string of the molecule is O=C(Nc1ccc(F)c([N+](=O)[O-])c1)C1CCN(C(=O)c2ccc(Cl)cc2)CC1. The van der Waals surface area contributed by atoms with E-state index in [1.54, 1.807) is 29.2 Å². The molecule has 1 aliphatic rings. The zero-order valence-electron chi connectivity index (χ0n) is 14.7. The molecule has 146 valence electrons. The van der Waals surface area contributed by atoms with Crippen molar-refractivity contribution in [3.63, 3.8) is 0 Å². The van der Waals surface area contributed by atoms with Gasteiger partial charge in [0.25, 0.3) is 5.91 Å². The van der Waals surface area contributed by atoms with Gasteiger partial charge in [0.1, 0.15) is 0 Å². The molecule has 2 aromatic carbocycles. The number of nitrogens with one attached hydrogen (secondary N) is 1. The number of hydrogen-bond acceptors (Lipinski definition) is 4. The number of nitrogens with zero attached hydrogens (tertiary/aromatic N) is 2. The summed E-state index contributed by atoms with van der Waals surface area (Å²) in [4.78, 5) is 36.6. The zero-order valence-corrected chi connectivity index (χ0v) is 15.5. The highest BCUT2D eigenvalue weighted by atomic mass is 35.5. The van der Waals surface area contributed by atoms with Crippen molar-refractivity contribution in [3.05, 3.63) is 69.0 Å².